The Morgan fingerprint density at radius 1 is 0.734 bits per heavy atom. The number of aromatic nitrogens is 4. The largest absolute Gasteiger partial charge is 0.469 e. The number of hydrogen-bond donors (Lipinski definition) is 2. The lowest BCUT2D eigenvalue weighted by Crippen LogP contribution is -2.31. The summed E-state index contributed by atoms with van der Waals surface area (Å²) in [6.07, 6.45) is 1.25. The molecular weight excluding hydrogens is 819 g/mol. The number of esters is 1. The summed E-state index contributed by atoms with van der Waals surface area (Å²) in [4.78, 5) is 46.9. The van der Waals surface area contributed by atoms with Crippen molar-refractivity contribution in [3.63, 3.8) is 0 Å². The van der Waals surface area contributed by atoms with Crippen molar-refractivity contribution in [3.05, 3.63) is 68.8 Å². The summed E-state index contributed by atoms with van der Waals surface area (Å²) in [6.45, 7) is 20.1. The smallest absolute Gasteiger partial charge is 0.305 e. The number of aromatic amines is 2. The van der Waals surface area contributed by atoms with Gasteiger partial charge in [0.1, 0.15) is 0 Å². The number of aryl methyl sites for hydroxylation is 3. The van der Waals surface area contributed by atoms with Gasteiger partial charge in [-0.05, 0) is 93.5 Å². The van der Waals surface area contributed by atoms with Crippen LogP contribution < -0.4 is 0 Å². The third kappa shape index (κ3) is 12.4. The molecular formula is C49H71N5O10. The van der Waals surface area contributed by atoms with Gasteiger partial charge in [-0.1, -0.05) is 13.8 Å². The summed E-state index contributed by atoms with van der Waals surface area (Å²) in [6, 6.07) is 6.29. The van der Waals surface area contributed by atoms with Gasteiger partial charge in [0.05, 0.1) is 108 Å². The number of rotatable bonds is 25. The third-order valence-electron chi connectivity index (χ3n) is 12.3. The Kier molecular flexibility index (Phi) is 19.5. The fourth-order valence-corrected chi connectivity index (χ4v) is 8.47. The predicted molar refractivity (Wildman–Crippen MR) is 249 cm³/mol. The molecule has 15 nitrogen and oxygen atoms in total. The fourth-order valence-electron chi connectivity index (χ4n) is 8.47. The highest BCUT2D eigenvalue weighted by Crippen LogP contribution is 2.43. The lowest BCUT2D eigenvalue weighted by molar-refractivity contribution is -0.140. The van der Waals surface area contributed by atoms with E-state index in [1.165, 1.54) is 7.11 Å². The lowest BCUT2D eigenvalue weighted by atomic mass is 9.85. The maximum Gasteiger partial charge on any atom is 0.305 e. The van der Waals surface area contributed by atoms with E-state index in [0.29, 0.717) is 96.7 Å². The number of hydrogen-bond acceptors (Lipinski definition) is 12. The summed E-state index contributed by atoms with van der Waals surface area (Å²) in [5.41, 5.74) is 13.2. The standard InChI is InChI=1S/C49H71N5O10/c1-12-36-30(2)38-29-43-45(35(7)64-26-25-63-24-23-62-20-18-58-10)32(4)40(51-43)27-39-31(3)37(13-14-44(55)59-11)47(52-39)34(6)48-46(33(5)41(53-48)28-42(36)50-38)49(56)54(8)15-16-60-21-22-61-19-17-57-9/h27-29,31,35,37,51,53H,12-26H2,1-11H3/t31-,35?,37-/m0/s1. The van der Waals surface area contributed by atoms with E-state index >= 15 is 0 Å². The first kappa shape index (κ1) is 50.5. The topological polar surface area (TPSA) is 169 Å². The Morgan fingerprint density at radius 2 is 1.33 bits per heavy atom. The van der Waals surface area contributed by atoms with Crippen LogP contribution in [0.15, 0.2) is 18.2 Å². The molecule has 3 atom stereocenters. The normalized spacial score (nSPS) is 15.5. The van der Waals surface area contributed by atoms with Crippen molar-refractivity contribution >= 4 is 45.1 Å². The molecule has 0 aliphatic carbocycles. The molecule has 2 aliphatic heterocycles. The van der Waals surface area contributed by atoms with Crippen molar-refractivity contribution in [2.24, 2.45) is 0 Å². The maximum absolute atomic E-state index is 14.6. The molecule has 352 valence electrons. The fraction of sp³-hybridized carbons (Fsp3) is 0.592. The number of methoxy groups -OCH3 is 3. The Balaban J connectivity index is 1.63. The highest BCUT2D eigenvalue weighted by Gasteiger charge is 2.32. The third-order valence-corrected chi connectivity index (χ3v) is 12.3. The number of carbonyl (C=O) groups is 2. The monoisotopic (exact) mass is 890 g/mol. The van der Waals surface area contributed by atoms with Crippen molar-refractivity contribution in [1.29, 1.82) is 0 Å². The molecule has 3 aromatic heterocycles. The van der Waals surface area contributed by atoms with Gasteiger partial charge >= 0.3 is 5.97 Å². The molecule has 1 amide bonds. The summed E-state index contributed by atoms with van der Waals surface area (Å²) >= 11 is 0. The predicted octanol–water partition coefficient (Wildman–Crippen LogP) is 7.93. The molecule has 1 unspecified atom stereocenters. The van der Waals surface area contributed by atoms with Crippen molar-refractivity contribution in [1.82, 2.24) is 24.8 Å². The van der Waals surface area contributed by atoms with Crippen molar-refractivity contribution in [2.75, 3.05) is 108 Å². The van der Waals surface area contributed by atoms with Crippen LogP contribution in [0, 0.1) is 20.8 Å². The molecule has 64 heavy (non-hydrogen) atoms. The highest BCUT2D eigenvalue weighted by molar-refractivity contribution is 6.06. The van der Waals surface area contributed by atoms with Crippen LogP contribution in [0.1, 0.15) is 120 Å². The molecule has 2 N–H and O–H groups in total. The van der Waals surface area contributed by atoms with Crippen LogP contribution in [0.2, 0.25) is 0 Å². The minimum Gasteiger partial charge on any atom is -0.469 e. The van der Waals surface area contributed by atoms with Crippen LogP contribution in [-0.2, 0) is 42.7 Å². The van der Waals surface area contributed by atoms with E-state index in [1.54, 1.807) is 26.2 Å². The molecule has 0 spiro atoms. The number of nitrogens with zero attached hydrogens (tertiary/aromatic N) is 3. The summed E-state index contributed by atoms with van der Waals surface area (Å²) in [7, 11) is 6.49. The molecule has 3 aromatic rings. The zero-order chi connectivity index (χ0) is 46.3. The molecule has 0 saturated carbocycles. The van der Waals surface area contributed by atoms with Crippen LogP contribution >= 0.6 is 0 Å². The van der Waals surface area contributed by atoms with E-state index < -0.39 is 0 Å². The van der Waals surface area contributed by atoms with Gasteiger partial charge in [-0.15, -0.1) is 0 Å². The molecule has 0 saturated heterocycles. The molecule has 5 rings (SSSR count). The van der Waals surface area contributed by atoms with Crippen molar-refractivity contribution in [3.8, 4) is 0 Å². The number of likely N-dealkylation sites (N-methyl/N-ethyl adjacent to an activating group) is 1. The van der Waals surface area contributed by atoms with Crippen LogP contribution in [-0.4, -0.2) is 144 Å². The SMILES string of the molecule is CCC1=C(C)c2cc3[nH]c(cc4nc(c(C)c5[nH]c(cc1n2)c(C)c5C(=O)N(C)CCOCCOCCOC)[C@@H](CCC(=O)OC)[C@@H]4C)c(C)c3C(C)OCCOCCOCCOC. The van der Waals surface area contributed by atoms with Crippen LogP contribution in [0.4, 0.5) is 0 Å². The van der Waals surface area contributed by atoms with Crippen molar-refractivity contribution < 1.29 is 47.5 Å². The average Bonchev–Trinajstić information content (AvgIpc) is 3.98. The molecule has 8 bridgehead atoms. The van der Waals surface area contributed by atoms with Gasteiger partial charge in [0.2, 0.25) is 0 Å². The van der Waals surface area contributed by atoms with Gasteiger partial charge in [-0.25, -0.2) is 4.98 Å². The van der Waals surface area contributed by atoms with Crippen LogP contribution in [0.3, 0.4) is 0 Å². The number of H-pyrrole nitrogens is 2. The number of fused-ring (bicyclic) bond motifs is 8. The zero-order valence-electron chi connectivity index (χ0n) is 40.0. The van der Waals surface area contributed by atoms with Crippen LogP contribution in [0.25, 0.3) is 33.2 Å². The van der Waals surface area contributed by atoms with E-state index in [-0.39, 0.29) is 36.2 Å². The second kappa shape index (κ2) is 24.7. The molecule has 2 aliphatic rings. The summed E-state index contributed by atoms with van der Waals surface area (Å²) in [5.74, 6) is -0.598. The first-order valence-corrected chi connectivity index (χ1v) is 22.5. The highest BCUT2D eigenvalue weighted by atomic mass is 16.6. The van der Waals surface area contributed by atoms with Gasteiger partial charge in [-0.3, -0.25) is 14.6 Å². The molecule has 5 heterocycles. The summed E-state index contributed by atoms with van der Waals surface area (Å²) in [5, 5.41) is 0. The van der Waals surface area contributed by atoms with Gasteiger partial charge in [-0.2, -0.15) is 0 Å². The second-order valence-corrected chi connectivity index (χ2v) is 16.4. The second-order valence-electron chi connectivity index (χ2n) is 16.4. The minimum absolute atomic E-state index is 0.0547. The number of amides is 1. The first-order chi connectivity index (χ1) is 30.9. The minimum atomic E-state index is -0.280. The molecule has 0 radical (unpaired) electrons. The lowest BCUT2D eigenvalue weighted by Gasteiger charge is -2.19. The van der Waals surface area contributed by atoms with Gasteiger partial charge in [0, 0.05) is 79.6 Å². The Labute approximate surface area is 378 Å². The quantitative estimate of drug-likeness (QED) is 0.0624. The van der Waals surface area contributed by atoms with Gasteiger partial charge < -0.3 is 52.8 Å². The molecule has 0 fully saturated rings. The van der Waals surface area contributed by atoms with Crippen molar-refractivity contribution in [2.45, 2.75) is 85.7 Å². The van der Waals surface area contributed by atoms with E-state index in [0.717, 1.165) is 79.1 Å². The van der Waals surface area contributed by atoms with Crippen LogP contribution in [0.5, 0.6) is 0 Å². The summed E-state index contributed by atoms with van der Waals surface area (Å²) < 4.78 is 44.2. The Morgan fingerprint density at radius 3 is 1.95 bits per heavy atom. The Hall–Kier alpha value is -4.48. The molecule has 0 aromatic carbocycles. The van der Waals surface area contributed by atoms with Gasteiger partial charge in [0.15, 0.2) is 0 Å². The van der Waals surface area contributed by atoms with E-state index in [4.69, 9.17) is 47.9 Å². The van der Waals surface area contributed by atoms with E-state index in [9.17, 15) is 9.59 Å². The zero-order valence-corrected chi connectivity index (χ0v) is 40.0. The number of carbonyl (C=O) groups excluding carboxylic acids is 2. The Bertz CT molecular complexity index is 2250. The number of allylic oxidation sites excluding steroid dienone is 2. The van der Waals surface area contributed by atoms with Gasteiger partial charge in [0.25, 0.3) is 5.91 Å². The van der Waals surface area contributed by atoms with E-state index in [2.05, 4.69) is 62.8 Å². The number of nitrogens with one attached hydrogen (secondary N) is 2. The maximum atomic E-state index is 14.6. The molecule has 15 heteroatoms. The first-order valence-electron chi connectivity index (χ1n) is 22.5. The van der Waals surface area contributed by atoms with E-state index in [1.807, 2.05) is 13.8 Å². The number of ether oxygens (including phenoxy) is 8. The average molecular weight is 890 g/mol.